The van der Waals surface area contributed by atoms with E-state index in [0.29, 0.717) is 37.4 Å². The van der Waals surface area contributed by atoms with Crippen molar-refractivity contribution in [3.63, 3.8) is 0 Å². The molecule has 39 heavy (non-hydrogen) atoms. The lowest BCUT2D eigenvalue weighted by atomic mass is 10.1. The summed E-state index contributed by atoms with van der Waals surface area (Å²) in [6.45, 7) is 9.81. The predicted octanol–water partition coefficient (Wildman–Crippen LogP) is 6.78. The van der Waals surface area contributed by atoms with E-state index in [1.807, 2.05) is 24.3 Å². The second-order valence-corrected chi connectivity index (χ2v) is 9.06. The summed E-state index contributed by atoms with van der Waals surface area (Å²) in [6.07, 6.45) is 7.53. The number of ether oxygens (including phenoxy) is 2. The number of unbranched alkanes of at least 4 members (excludes halogenated alkanes) is 2. The average Bonchev–Trinajstić information content (AvgIpc) is 2.97. The Bertz CT molecular complexity index is 859. The number of hydrogen-bond acceptors (Lipinski definition) is 8. The normalized spacial score (nSPS) is 11.1. The van der Waals surface area contributed by atoms with Crippen molar-refractivity contribution in [2.45, 2.75) is 71.6 Å². The smallest absolute Gasteiger partial charge is 0.373 e. The largest absolute Gasteiger partial charge is 0.381 e. The molecule has 214 valence electrons. The number of carbonyl (C=O) groups excluding carboxylic acids is 2. The van der Waals surface area contributed by atoms with Crippen molar-refractivity contribution in [1.29, 1.82) is 0 Å². The maximum absolute atomic E-state index is 12.5. The Labute approximate surface area is 232 Å². The van der Waals surface area contributed by atoms with Crippen molar-refractivity contribution < 1.29 is 38.6 Å². The van der Waals surface area contributed by atoms with Gasteiger partial charge in [0.25, 0.3) is 0 Å². The van der Waals surface area contributed by atoms with E-state index < -0.39 is 11.9 Å². The summed E-state index contributed by atoms with van der Waals surface area (Å²) in [6, 6.07) is 14.3. The Kier molecular flexibility index (Phi) is 16.8. The molecule has 0 bridgehead atoms. The maximum atomic E-state index is 12.5. The van der Waals surface area contributed by atoms with Crippen molar-refractivity contribution in [2.24, 2.45) is 0 Å². The standard InChI is InChI=1S/C31H42O8/c1-4-7-10-25-12-16-27(17-13-25)30(32)38-36-29(20-24-35-23-9-22-34-21-6-3)37-39-31(33)28-18-14-26(15-19-28)11-8-5-2/h12-19H,3-11,20-24H2,1-2H3. The molecule has 8 nitrogen and oxygen atoms in total. The van der Waals surface area contributed by atoms with Crippen LogP contribution in [0.25, 0.3) is 0 Å². The average molecular weight is 543 g/mol. The first-order valence-electron chi connectivity index (χ1n) is 13.8. The van der Waals surface area contributed by atoms with Gasteiger partial charge in [0.1, 0.15) is 0 Å². The summed E-state index contributed by atoms with van der Waals surface area (Å²) in [5.41, 5.74) is 2.94. The van der Waals surface area contributed by atoms with E-state index in [9.17, 15) is 9.59 Å². The summed E-state index contributed by atoms with van der Waals surface area (Å²) < 4.78 is 10.9. The fourth-order valence-corrected chi connectivity index (χ4v) is 3.46. The molecule has 2 aromatic rings. The van der Waals surface area contributed by atoms with Gasteiger partial charge in [-0.15, -0.1) is 9.78 Å². The van der Waals surface area contributed by atoms with Gasteiger partial charge in [0, 0.05) is 26.2 Å². The summed E-state index contributed by atoms with van der Waals surface area (Å²) in [5, 5.41) is 0. The minimum absolute atomic E-state index is 0.0756. The van der Waals surface area contributed by atoms with Crippen molar-refractivity contribution in [1.82, 2.24) is 0 Å². The van der Waals surface area contributed by atoms with Crippen LogP contribution in [0, 0.1) is 13.2 Å². The lowest BCUT2D eigenvalue weighted by molar-refractivity contribution is -0.364. The number of benzene rings is 2. The molecule has 0 aliphatic rings. The Morgan fingerprint density at radius 2 is 1.08 bits per heavy atom. The molecule has 0 unspecified atom stereocenters. The molecular formula is C31H42O8. The molecule has 8 heteroatoms. The first-order chi connectivity index (χ1) is 19.1. The Hall–Kier alpha value is -2.78. The number of rotatable bonds is 21. The van der Waals surface area contributed by atoms with E-state index in [1.54, 1.807) is 24.3 Å². The van der Waals surface area contributed by atoms with E-state index in [1.165, 1.54) is 0 Å². The van der Waals surface area contributed by atoms with Crippen LogP contribution in [0.1, 0.15) is 90.6 Å². The first-order valence-corrected chi connectivity index (χ1v) is 13.8. The monoisotopic (exact) mass is 542 g/mol. The van der Waals surface area contributed by atoms with Crippen molar-refractivity contribution in [3.05, 3.63) is 84.0 Å². The van der Waals surface area contributed by atoms with Crippen LogP contribution in [0.4, 0.5) is 0 Å². The lowest BCUT2D eigenvalue weighted by Crippen LogP contribution is -2.18. The zero-order valence-corrected chi connectivity index (χ0v) is 23.3. The highest BCUT2D eigenvalue weighted by atomic mass is 17.3. The molecule has 0 heterocycles. The highest BCUT2D eigenvalue weighted by molar-refractivity contribution is 5.89. The van der Waals surface area contributed by atoms with Gasteiger partial charge in [-0.25, -0.2) is 9.59 Å². The summed E-state index contributed by atoms with van der Waals surface area (Å²) in [7, 11) is 0. The number of aryl methyl sites for hydroxylation is 2. The van der Waals surface area contributed by atoms with Gasteiger partial charge in [0.2, 0.25) is 0 Å². The van der Waals surface area contributed by atoms with Gasteiger partial charge in [-0.3, -0.25) is 9.78 Å². The molecule has 0 fully saturated rings. The van der Waals surface area contributed by atoms with Crippen LogP contribution in [0.3, 0.4) is 0 Å². The van der Waals surface area contributed by atoms with Gasteiger partial charge in [-0.2, -0.15) is 0 Å². The van der Waals surface area contributed by atoms with E-state index in [4.69, 9.17) is 29.0 Å². The lowest BCUT2D eigenvalue weighted by Gasteiger charge is -2.14. The van der Waals surface area contributed by atoms with Crippen LogP contribution in [0.5, 0.6) is 0 Å². The van der Waals surface area contributed by atoms with Crippen LogP contribution in [0.2, 0.25) is 0 Å². The van der Waals surface area contributed by atoms with E-state index in [0.717, 1.165) is 56.1 Å². The zero-order valence-electron chi connectivity index (χ0n) is 23.3. The highest BCUT2D eigenvalue weighted by Gasteiger charge is 2.22. The van der Waals surface area contributed by atoms with Gasteiger partial charge >= 0.3 is 18.2 Å². The molecule has 0 saturated carbocycles. The second kappa shape index (κ2) is 20.2. The van der Waals surface area contributed by atoms with Crippen molar-refractivity contribution in [3.8, 4) is 0 Å². The topological polar surface area (TPSA) is 89.5 Å². The van der Waals surface area contributed by atoms with E-state index >= 15 is 0 Å². The summed E-state index contributed by atoms with van der Waals surface area (Å²) in [4.78, 5) is 45.1. The predicted molar refractivity (Wildman–Crippen MR) is 147 cm³/mol. The van der Waals surface area contributed by atoms with Gasteiger partial charge in [-0.1, -0.05) is 57.9 Å². The van der Waals surface area contributed by atoms with Crippen molar-refractivity contribution >= 4 is 11.9 Å². The van der Waals surface area contributed by atoms with Crippen LogP contribution in [-0.4, -0.2) is 38.4 Å². The molecule has 2 aromatic carbocycles. The van der Waals surface area contributed by atoms with Gasteiger partial charge in [0.15, 0.2) is 0 Å². The number of carbonyl (C=O) groups is 2. The molecular weight excluding hydrogens is 500 g/mol. The Morgan fingerprint density at radius 1 is 0.615 bits per heavy atom. The second-order valence-electron chi connectivity index (χ2n) is 9.06. The van der Waals surface area contributed by atoms with Gasteiger partial charge < -0.3 is 9.47 Å². The van der Waals surface area contributed by atoms with Crippen LogP contribution < -0.4 is 0 Å². The molecule has 0 amide bonds. The van der Waals surface area contributed by atoms with E-state index in [-0.39, 0.29) is 19.3 Å². The minimum Gasteiger partial charge on any atom is -0.381 e. The molecule has 0 N–H and O–H groups in total. The minimum atomic E-state index is -0.699. The maximum Gasteiger partial charge on any atom is 0.373 e. The molecule has 0 aliphatic carbocycles. The first kappa shape index (κ1) is 32.4. The third-order valence-corrected chi connectivity index (χ3v) is 5.75. The summed E-state index contributed by atoms with van der Waals surface area (Å²) in [5.74, 6) is -1.40. The third kappa shape index (κ3) is 13.7. The Morgan fingerprint density at radius 3 is 1.51 bits per heavy atom. The molecule has 0 aliphatic heterocycles. The zero-order chi connectivity index (χ0) is 28.1. The number of hydrogen-bond donors (Lipinski definition) is 0. The third-order valence-electron chi connectivity index (χ3n) is 5.75. The molecule has 0 atom stereocenters. The van der Waals surface area contributed by atoms with Crippen LogP contribution >= 0.6 is 0 Å². The molecule has 2 radical (unpaired) electrons. The quantitative estimate of drug-likeness (QED) is 0.0969. The molecule has 0 saturated heterocycles. The summed E-state index contributed by atoms with van der Waals surface area (Å²) >= 11 is 0. The Balaban J connectivity index is 1.86. The van der Waals surface area contributed by atoms with Crippen molar-refractivity contribution in [2.75, 3.05) is 26.4 Å². The fourth-order valence-electron chi connectivity index (χ4n) is 3.46. The molecule has 2 rings (SSSR count). The van der Waals surface area contributed by atoms with Crippen LogP contribution in [-0.2, 0) is 41.9 Å². The molecule has 0 aromatic heterocycles. The van der Waals surface area contributed by atoms with Gasteiger partial charge in [0.05, 0.1) is 17.7 Å². The molecule has 0 spiro atoms. The fraction of sp³-hybridized carbons (Fsp3) is 0.484. The van der Waals surface area contributed by atoms with Gasteiger partial charge in [-0.05, 0) is 73.9 Å². The SMILES string of the molecule is [CH2]CCOCCCOCC[C](OOC(=O)c1ccc(CCCC)cc1)OOC(=O)c1ccc(CCCC)cc1. The van der Waals surface area contributed by atoms with E-state index in [2.05, 4.69) is 20.8 Å². The van der Waals surface area contributed by atoms with Crippen LogP contribution in [0.15, 0.2) is 48.5 Å². The highest BCUT2D eigenvalue weighted by Crippen LogP contribution is 2.17.